The third kappa shape index (κ3) is 3.86. The van der Waals surface area contributed by atoms with E-state index in [0.717, 1.165) is 34.7 Å². The highest BCUT2D eigenvalue weighted by Crippen LogP contribution is 2.29. The van der Waals surface area contributed by atoms with Crippen molar-refractivity contribution in [3.05, 3.63) is 52.7 Å². The Hall–Kier alpha value is -1.98. The number of fused-ring (bicyclic) bond motifs is 1. The van der Waals surface area contributed by atoms with Crippen LogP contribution >= 0.6 is 11.3 Å². The first-order valence-electron chi connectivity index (χ1n) is 7.98. The van der Waals surface area contributed by atoms with Crippen molar-refractivity contribution >= 4 is 27.4 Å². The third-order valence-electron chi connectivity index (χ3n) is 3.67. The SMILES string of the molecule is CCc1cc2c(NCCCO)nc(Cc3ccccc3)nc2s1. The lowest BCUT2D eigenvalue weighted by atomic mass is 10.1. The summed E-state index contributed by atoms with van der Waals surface area (Å²) in [5.41, 5.74) is 1.21. The van der Waals surface area contributed by atoms with E-state index in [1.54, 1.807) is 11.3 Å². The number of aliphatic hydroxyl groups excluding tert-OH is 1. The molecule has 0 spiro atoms. The smallest absolute Gasteiger partial charge is 0.138 e. The summed E-state index contributed by atoms with van der Waals surface area (Å²) < 4.78 is 0. The Balaban J connectivity index is 1.94. The van der Waals surface area contributed by atoms with Crippen LogP contribution in [0.15, 0.2) is 36.4 Å². The van der Waals surface area contributed by atoms with Crippen LogP contribution < -0.4 is 5.32 Å². The molecule has 23 heavy (non-hydrogen) atoms. The Kier molecular flexibility index (Phi) is 5.20. The number of rotatable bonds is 7. The average molecular weight is 327 g/mol. The first-order valence-corrected chi connectivity index (χ1v) is 8.79. The number of aryl methyl sites for hydroxylation is 1. The number of benzene rings is 1. The Morgan fingerprint density at radius 2 is 2.00 bits per heavy atom. The average Bonchev–Trinajstić information content (AvgIpc) is 2.99. The summed E-state index contributed by atoms with van der Waals surface area (Å²) in [7, 11) is 0. The van der Waals surface area contributed by atoms with E-state index < -0.39 is 0 Å². The zero-order valence-electron chi connectivity index (χ0n) is 13.2. The maximum Gasteiger partial charge on any atom is 0.138 e. The van der Waals surface area contributed by atoms with E-state index in [4.69, 9.17) is 15.1 Å². The van der Waals surface area contributed by atoms with Crippen LogP contribution in [-0.2, 0) is 12.8 Å². The number of hydrogen-bond acceptors (Lipinski definition) is 5. The fourth-order valence-electron chi connectivity index (χ4n) is 2.47. The molecule has 0 radical (unpaired) electrons. The van der Waals surface area contributed by atoms with Gasteiger partial charge in [-0.1, -0.05) is 37.3 Å². The molecule has 0 unspecified atom stereocenters. The molecule has 1 aromatic carbocycles. The van der Waals surface area contributed by atoms with E-state index in [2.05, 4.69) is 30.4 Å². The minimum Gasteiger partial charge on any atom is -0.396 e. The van der Waals surface area contributed by atoms with Crippen molar-refractivity contribution in [2.75, 3.05) is 18.5 Å². The van der Waals surface area contributed by atoms with E-state index in [0.29, 0.717) is 13.0 Å². The summed E-state index contributed by atoms with van der Waals surface area (Å²) in [6, 6.07) is 12.5. The second kappa shape index (κ2) is 7.53. The first kappa shape index (κ1) is 15.9. The van der Waals surface area contributed by atoms with E-state index >= 15 is 0 Å². The zero-order valence-corrected chi connectivity index (χ0v) is 14.1. The topological polar surface area (TPSA) is 58.0 Å². The second-order valence-electron chi connectivity index (χ2n) is 5.44. The van der Waals surface area contributed by atoms with Crippen LogP contribution in [-0.4, -0.2) is 28.2 Å². The summed E-state index contributed by atoms with van der Waals surface area (Å²) in [6.07, 6.45) is 2.44. The lowest BCUT2D eigenvalue weighted by Crippen LogP contribution is -2.07. The Bertz CT molecular complexity index is 771. The van der Waals surface area contributed by atoms with Gasteiger partial charge in [-0.2, -0.15) is 0 Å². The van der Waals surface area contributed by atoms with Gasteiger partial charge >= 0.3 is 0 Å². The molecule has 2 N–H and O–H groups in total. The number of aliphatic hydroxyl groups is 1. The number of aromatic nitrogens is 2. The minimum atomic E-state index is 0.182. The second-order valence-corrected chi connectivity index (χ2v) is 6.56. The van der Waals surface area contributed by atoms with Crippen molar-refractivity contribution in [2.45, 2.75) is 26.2 Å². The molecular weight excluding hydrogens is 306 g/mol. The molecule has 0 bridgehead atoms. The van der Waals surface area contributed by atoms with Crippen LogP contribution in [0.1, 0.15) is 29.6 Å². The van der Waals surface area contributed by atoms with Gasteiger partial charge in [0.2, 0.25) is 0 Å². The quantitative estimate of drug-likeness (QED) is 0.651. The predicted octanol–water partition coefficient (Wildman–Crippen LogP) is 3.64. The number of nitrogens with one attached hydrogen (secondary N) is 1. The molecule has 0 saturated carbocycles. The summed E-state index contributed by atoms with van der Waals surface area (Å²) >= 11 is 1.73. The van der Waals surface area contributed by atoms with E-state index in [-0.39, 0.29) is 6.61 Å². The van der Waals surface area contributed by atoms with Crippen molar-refractivity contribution in [3.63, 3.8) is 0 Å². The van der Waals surface area contributed by atoms with Gasteiger partial charge in [-0.05, 0) is 24.5 Å². The molecule has 2 aromatic heterocycles. The molecule has 0 aliphatic carbocycles. The molecule has 0 saturated heterocycles. The fraction of sp³-hybridized carbons (Fsp3) is 0.333. The summed E-state index contributed by atoms with van der Waals surface area (Å²) in [5.74, 6) is 1.71. The van der Waals surface area contributed by atoms with Crippen molar-refractivity contribution in [3.8, 4) is 0 Å². The van der Waals surface area contributed by atoms with Gasteiger partial charge in [0.05, 0.1) is 5.39 Å². The predicted molar refractivity (Wildman–Crippen MR) is 96.2 cm³/mol. The van der Waals surface area contributed by atoms with Gasteiger partial charge in [0.15, 0.2) is 0 Å². The number of hydrogen-bond donors (Lipinski definition) is 2. The molecule has 3 aromatic rings. The molecule has 0 aliphatic rings. The van der Waals surface area contributed by atoms with Gasteiger partial charge in [0.25, 0.3) is 0 Å². The highest BCUT2D eigenvalue weighted by molar-refractivity contribution is 7.18. The van der Waals surface area contributed by atoms with Gasteiger partial charge in [-0.3, -0.25) is 0 Å². The molecule has 3 rings (SSSR count). The summed E-state index contributed by atoms with van der Waals surface area (Å²) in [6.45, 7) is 3.05. The molecule has 0 aliphatic heterocycles. The van der Waals surface area contributed by atoms with Gasteiger partial charge in [0, 0.05) is 24.4 Å². The standard InChI is InChI=1S/C18H21N3OS/c1-2-14-12-15-17(19-9-6-10-22)20-16(21-18(15)23-14)11-13-7-4-3-5-8-13/h3-5,7-8,12,22H,2,6,9-11H2,1H3,(H,19,20,21). The van der Waals surface area contributed by atoms with Gasteiger partial charge < -0.3 is 10.4 Å². The Labute approximate surface area is 140 Å². The lowest BCUT2D eigenvalue weighted by molar-refractivity contribution is 0.292. The van der Waals surface area contributed by atoms with Crippen LogP contribution in [0, 0.1) is 0 Å². The number of nitrogens with zero attached hydrogens (tertiary/aromatic N) is 2. The highest BCUT2D eigenvalue weighted by atomic mass is 32.1. The van der Waals surface area contributed by atoms with Crippen LogP contribution in [0.4, 0.5) is 5.82 Å². The molecule has 2 heterocycles. The van der Waals surface area contributed by atoms with Gasteiger partial charge in [-0.15, -0.1) is 11.3 Å². The maximum atomic E-state index is 8.98. The number of anilines is 1. The lowest BCUT2D eigenvalue weighted by Gasteiger charge is -2.08. The molecule has 0 amide bonds. The Morgan fingerprint density at radius 1 is 1.17 bits per heavy atom. The molecule has 0 fully saturated rings. The summed E-state index contributed by atoms with van der Waals surface area (Å²) in [5, 5.41) is 13.4. The molecule has 4 nitrogen and oxygen atoms in total. The van der Waals surface area contributed by atoms with Gasteiger partial charge in [0.1, 0.15) is 16.5 Å². The molecule has 0 atom stereocenters. The third-order valence-corrected chi connectivity index (χ3v) is 4.84. The van der Waals surface area contributed by atoms with Crippen LogP contribution in [0.5, 0.6) is 0 Å². The molecule has 120 valence electrons. The van der Waals surface area contributed by atoms with Crippen LogP contribution in [0.2, 0.25) is 0 Å². The van der Waals surface area contributed by atoms with E-state index in [1.807, 2.05) is 18.2 Å². The zero-order chi connectivity index (χ0) is 16.1. The van der Waals surface area contributed by atoms with Gasteiger partial charge in [-0.25, -0.2) is 9.97 Å². The maximum absolute atomic E-state index is 8.98. The highest BCUT2D eigenvalue weighted by Gasteiger charge is 2.11. The van der Waals surface area contributed by atoms with Crippen molar-refractivity contribution in [1.29, 1.82) is 0 Å². The molecular formula is C18H21N3OS. The number of thiophene rings is 1. The monoisotopic (exact) mass is 327 g/mol. The van der Waals surface area contributed by atoms with Crippen molar-refractivity contribution in [1.82, 2.24) is 9.97 Å². The minimum absolute atomic E-state index is 0.182. The molecule has 5 heteroatoms. The fourth-order valence-corrected chi connectivity index (χ4v) is 3.45. The van der Waals surface area contributed by atoms with Crippen molar-refractivity contribution < 1.29 is 5.11 Å². The Morgan fingerprint density at radius 3 is 2.74 bits per heavy atom. The van der Waals surface area contributed by atoms with Crippen LogP contribution in [0.25, 0.3) is 10.2 Å². The summed E-state index contributed by atoms with van der Waals surface area (Å²) in [4.78, 5) is 11.8. The van der Waals surface area contributed by atoms with E-state index in [1.165, 1.54) is 10.4 Å². The first-order chi connectivity index (χ1) is 11.3. The van der Waals surface area contributed by atoms with Crippen LogP contribution in [0.3, 0.4) is 0 Å². The van der Waals surface area contributed by atoms with E-state index in [9.17, 15) is 0 Å². The normalized spacial score (nSPS) is 11.0. The largest absolute Gasteiger partial charge is 0.396 e. The van der Waals surface area contributed by atoms with Crippen molar-refractivity contribution in [2.24, 2.45) is 0 Å².